The number of aromatic nitrogens is 2. The smallest absolute Gasteiger partial charge is 0.342 e. The molecule has 0 aliphatic carbocycles. The van der Waals surface area contributed by atoms with E-state index in [1.54, 1.807) is 11.5 Å². The summed E-state index contributed by atoms with van der Waals surface area (Å²) in [6.07, 6.45) is 1.96. The first-order valence-electron chi connectivity index (χ1n) is 6.56. The van der Waals surface area contributed by atoms with Crippen molar-refractivity contribution in [3.05, 3.63) is 22.1 Å². The van der Waals surface area contributed by atoms with Gasteiger partial charge in [0.05, 0.1) is 6.10 Å². The standard InChI is InChI=1S/C12H20N4O3/c1-9-3-4-14(8-11(9)17)5-6-15-10(2)13-7-12(15)16(18)19/h7,9,11,17H,3-6,8H2,1-2H3. The minimum atomic E-state index is -0.410. The van der Waals surface area contributed by atoms with E-state index < -0.39 is 4.92 Å². The maximum Gasteiger partial charge on any atom is 0.342 e. The molecule has 0 radical (unpaired) electrons. The van der Waals surface area contributed by atoms with Crippen molar-refractivity contribution in [3.63, 3.8) is 0 Å². The van der Waals surface area contributed by atoms with Crippen LogP contribution in [0.25, 0.3) is 0 Å². The largest absolute Gasteiger partial charge is 0.392 e. The van der Waals surface area contributed by atoms with Gasteiger partial charge in [-0.05, 0) is 23.8 Å². The predicted octanol–water partition coefficient (Wildman–Crippen LogP) is 0.802. The maximum absolute atomic E-state index is 10.9. The van der Waals surface area contributed by atoms with Gasteiger partial charge in [-0.25, -0.2) is 9.55 Å². The van der Waals surface area contributed by atoms with Gasteiger partial charge in [0.1, 0.15) is 12.7 Å². The van der Waals surface area contributed by atoms with Gasteiger partial charge in [0.25, 0.3) is 0 Å². The zero-order valence-corrected chi connectivity index (χ0v) is 11.3. The van der Waals surface area contributed by atoms with Crippen LogP contribution in [0.15, 0.2) is 6.20 Å². The van der Waals surface area contributed by atoms with Gasteiger partial charge in [0.2, 0.25) is 0 Å². The summed E-state index contributed by atoms with van der Waals surface area (Å²) < 4.78 is 1.62. The predicted molar refractivity (Wildman–Crippen MR) is 69.8 cm³/mol. The van der Waals surface area contributed by atoms with Crippen molar-refractivity contribution in [2.24, 2.45) is 5.92 Å². The number of piperidine rings is 1. The number of likely N-dealkylation sites (tertiary alicyclic amines) is 1. The summed E-state index contributed by atoms with van der Waals surface area (Å²) in [5, 5.41) is 20.7. The molecule has 0 spiro atoms. The Bertz CT molecular complexity index is 460. The van der Waals surface area contributed by atoms with Crippen molar-refractivity contribution in [2.45, 2.75) is 32.9 Å². The number of aliphatic hydroxyl groups excluding tert-OH is 1. The van der Waals surface area contributed by atoms with Crippen LogP contribution in [-0.2, 0) is 6.54 Å². The lowest BCUT2D eigenvalue weighted by molar-refractivity contribution is -0.392. The second-order valence-corrected chi connectivity index (χ2v) is 5.21. The van der Waals surface area contributed by atoms with Gasteiger partial charge >= 0.3 is 5.82 Å². The summed E-state index contributed by atoms with van der Waals surface area (Å²) in [5.74, 6) is 1.02. The molecule has 1 aromatic heterocycles. The van der Waals surface area contributed by atoms with E-state index in [-0.39, 0.29) is 11.9 Å². The van der Waals surface area contributed by atoms with Crippen molar-refractivity contribution in [1.82, 2.24) is 14.5 Å². The van der Waals surface area contributed by atoms with Crippen LogP contribution in [0.3, 0.4) is 0 Å². The molecule has 0 amide bonds. The highest BCUT2D eigenvalue weighted by Gasteiger charge is 2.25. The average molecular weight is 268 g/mol. The Morgan fingerprint density at radius 1 is 1.58 bits per heavy atom. The number of hydrogen-bond acceptors (Lipinski definition) is 5. The molecular weight excluding hydrogens is 248 g/mol. The third-order valence-electron chi connectivity index (χ3n) is 3.86. The van der Waals surface area contributed by atoms with E-state index in [9.17, 15) is 15.2 Å². The van der Waals surface area contributed by atoms with Crippen molar-refractivity contribution in [3.8, 4) is 0 Å². The summed E-state index contributed by atoms with van der Waals surface area (Å²) >= 11 is 0. The van der Waals surface area contributed by atoms with Crippen molar-refractivity contribution in [2.75, 3.05) is 19.6 Å². The van der Waals surface area contributed by atoms with E-state index in [0.717, 1.165) is 13.0 Å². The molecule has 19 heavy (non-hydrogen) atoms. The number of nitrogens with zero attached hydrogens (tertiary/aromatic N) is 4. The Hall–Kier alpha value is -1.47. The zero-order chi connectivity index (χ0) is 14.0. The quantitative estimate of drug-likeness (QED) is 0.645. The summed E-state index contributed by atoms with van der Waals surface area (Å²) in [6.45, 7) is 6.61. The van der Waals surface area contributed by atoms with Crippen LogP contribution in [0.5, 0.6) is 0 Å². The Kier molecular flexibility index (Phi) is 4.16. The third-order valence-corrected chi connectivity index (χ3v) is 3.86. The SMILES string of the molecule is Cc1ncc([N+](=O)[O-])n1CCN1CCC(C)C(O)C1. The molecule has 1 saturated heterocycles. The van der Waals surface area contributed by atoms with Crippen molar-refractivity contribution in [1.29, 1.82) is 0 Å². The summed E-state index contributed by atoms with van der Waals surface area (Å²) in [7, 11) is 0. The molecule has 7 heteroatoms. The van der Waals surface area contributed by atoms with Gasteiger partial charge in [-0.1, -0.05) is 6.92 Å². The van der Waals surface area contributed by atoms with E-state index in [2.05, 4.69) is 9.88 Å². The van der Waals surface area contributed by atoms with E-state index in [1.165, 1.54) is 6.20 Å². The van der Waals surface area contributed by atoms with Crippen LogP contribution in [-0.4, -0.2) is 50.2 Å². The Morgan fingerprint density at radius 3 is 2.95 bits per heavy atom. The van der Waals surface area contributed by atoms with Crippen molar-refractivity contribution < 1.29 is 10.0 Å². The van der Waals surface area contributed by atoms with E-state index in [1.807, 2.05) is 6.92 Å². The number of aliphatic hydroxyl groups is 1. The number of imidazole rings is 1. The lowest BCUT2D eigenvalue weighted by Crippen LogP contribution is -2.44. The fourth-order valence-corrected chi connectivity index (χ4v) is 2.44. The first kappa shape index (κ1) is 14.0. The molecule has 106 valence electrons. The molecule has 2 rings (SSSR count). The second-order valence-electron chi connectivity index (χ2n) is 5.21. The molecule has 0 aromatic carbocycles. The maximum atomic E-state index is 10.9. The number of nitro groups is 1. The fourth-order valence-electron chi connectivity index (χ4n) is 2.44. The Labute approximate surface area is 112 Å². The molecular formula is C12H20N4O3. The molecule has 2 unspecified atom stereocenters. The first-order valence-corrected chi connectivity index (χ1v) is 6.56. The topological polar surface area (TPSA) is 84.4 Å². The molecule has 1 aliphatic rings. The number of β-amino-alcohol motifs (C(OH)–C–C–N with tert-alkyl or cyclic N) is 1. The summed E-state index contributed by atoms with van der Waals surface area (Å²) in [6, 6.07) is 0. The molecule has 7 nitrogen and oxygen atoms in total. The molecule has 2 heterocycles. The van der Waals surface area contributed by atoms with Gasteiger partial charge in [0, 0.05) is 20.0 Å². The summed E-state index contributed by atoms with van der Waals surface area (Å²) in [4.78, 5) is 16.6. The van der Waals surface area contributed by atoms with Crippen LogP contribution in [0, 0.1) is 23.0 Å². The zero-order valence-electron chi connectivity index (χ0n) is 11.3. The highest BCUT2D eigenvalue weighted by Crippen LogP contribution is 2.18. The minimum Gasteiger partial charge on any atom is -0.392 e. The lowest BCUT2D eigenvalue weighted by Gasteiger charge is -2.33. The molecule has 1 aliphatic heterocycles. The second kappa shape index (κ2) is 5.66. The highest BCUT2D eigenvalue weighted by molar-refractivity contribution is 5.18. The molecule has 2 atom stereocenters. The van der Waals surface area contributed by atoms with Crippen LogP contribution in [0.2, 0.25) is 0 Å². The van der Waals surface area contributed by atoms with Crippen LogP contribution in [0.4, 0.5) is 5.82 Å². The monoisotopic (exact) mass is 268 g/mol. The minimum absolute atomic E-state index is 0.0309. The summed E-state index contributed by atoms with van der Waals surface area (Å²) in [5.41, 5.74) is 0. The van der Waals surface area contributed by atoms with Gasteiger partial charge in [-0.2, -0.15) is 0 Å². The number of rotatable bonds is 4. The molecule has 1 N–H and O–H groups in total. The van der Waals surface area contributed by atoms with Gasteiger partial charge in [-0.3, -0.25) is 4.90 Å². The van der Waals surface area contributed by atoms with E-state index >= 15 is 0 Å². The number of hydrogen-bond donors (Lipinski definition) is 1. The van der Waals surface area contributed by atoms with Crippen LogP contribution < -0.4 is 0 Å². The van der Waals surface area contributed by atoms with Crippen LogP contribution in [0.1, 0.15) is 19.2 Å². The Balaban J connectivity index is 1.96. The van der Waals surface area contributed by atoms with Crippen molar-refractivity contribution >= 4 is 5.82 Å². The van der Waals surface area contributed by atoms with E-state index in [0.29, 0.717) is 31.4 Å². The van der Waals surface area contributed by atoms with Gasteiger partial charge in [0.15, 0.2) is 5.82 Å². The lowest BCUT2D eigenvalue weighted by atomic mass is 9.96. The highest BCUT2D eigenvalue weighted by atomic mass is 16.6. The van der Waals surface area contributed by atoms with E-state index in [4.69, 9.17) is 0 Å². The average Bonchev–Trinajstić information content (AvgIpc) is 2.72. The van der Waals surface area contributed by atoms with Crippen LogP contribution >= 0.6 is 0 Å². The Morgan fingerprint density at radius 2 is 2.32 bits per heavy atom. The molecule has 0 bridgehead atoms. The number of aryl methyl sites for hydroxylation is 1. The van der Waals surface area contributed by atoms with Gasteiger partial charge in [-0.15, -0.1) is 0 Å². The molecule has 1 aromatic rings. The molecule has 1 fully saturated rings. The normalized spacial score (nSPS) is 24.6. The first-order chi connectivity index (χ1) is 8.99. The van der Waals surface area contributed by atoms with Gasteiger partial charge < -0.3 is 15.2 Å². The third kappa shape index (κ3) is 3.10. The molecule has 0 saturated carbocycles. The fraction of sp³-hybridized carbons (Fsp3) is 0.750.